The molecule has 0 aliphatic rings. The highest BCUT2D eigenvalue weighted by Gasteiger charge is 1.97. The Kier molecular flexibility index (Phi) is 4.82. The van der Waals surface area contributed by atoms with Gasteiger partial charge < -0.3 is 9.47 Å². The maximum Gasteiger partial charge on any atom is 0.122 e. The van der Waals surface area contributed by atoms with E-state index in [4.69, 9.17) is 14.7 Å². The summed E-state index contributed by atoms with van der Waals surface area (Å²) in [7, 11) is 0. The highest BCUT2D eigenvalue weighted by Crippen LogP contribution is 2.17. The van der Waals surface area contributed by atoms with Crippen LogP contribution in [0.4, 0.5) is 0 Å². The van der Waals surface area contributed by atoms with Crippen LogP contribution in [0.5, 0.6) is 11.5 Å². The van der Waals surface area contributed by atoms with Gasteiger partial charge in [-0.25, -0.2) is 0 Å². The van der Waals surface area contributed by atoms with E-state index < -0.39 is 0 Å². The van der Waals surface area contributed by atoms with Crippen molar-refractivity contribution in [3.63, 3.8) is 0 Å². The summed E-state index contributed by atoms with van der Waals surface area (Å²) in [6.45, 7) is 0.925. The molecular formula is C15H12BrNO2. The second-order valence-corrected chi connectivity index (χ2v) is 4.71. The average Bonchev–Trinajstić information content (AvgIpc) is 2.44. The van der Waals surface area contributed by atoms with Crippen molar-refractivity contribution >= 4 is 15.9 Å². The highest BCUT2D eigenvalue weighted by atomic mass is 79.9. The monoisotopic (exact) mass is 317 g/mol. The first-order chi connectivity index (χ1) is 9.28. The third-order valence-corrected chi connectivity index (χ3v) is 2.89. The van der Waals surface area contributed by atoms with E-state index in [1.807, 2.05) is 24.3 Å². The van der Waals surface area contributed by atoms with Crippen LogP contribution >= 0.6 is 15.9 Å². The van der Waals surface area contributed by atoms with Crippen molar-refractivity contribution in [2.24, 2.45) is 0 Å². The minimum Gasteiger partial charge on any atom is -0.490 e. The molecule has 4 heteroatoms. The van der Waals surface area contributed by atoms with E-state index >= 15 is 0 Å². The standard InChI is InChI=1S/C15H12BrNO2/c16-13-2-1-3-15(10-13)19-9-8-18-14-6-4-12(11-17)5-7-14/h1-7,10H,8-9H2. The van der Waals surface area contributed by atoms with Crippen LogP contribution in [-0.4, -0.2) is 13.2 Å². The first kappa shape index (κ1) is 13.4. The fourth-order valence-corrected chi connectivity index (χ4v) is 1.88. The first-order valence-electron chi connectivity index (χ1n) is 5.79. The first-order valence-corrected chi connectivity index (χ1v) is 6.58. The lowest BCUT2D eigenvalue weighted by Crippen LogP contribution is -2.08. The Labute approximate surface area is 120 Å². The largest absolute Gasteiger partial charge is 0.490 e. The van der Waals surface area contributed by atoms with Gasteiger partial charge >= 0.3 is 0 Å². The molecule has 0 saturated heterocycles. The Morgan fingerprint density at radius 3 is 2.26 bits per heavy atom. The molecule has 0 aromatic heterocycles. The smallest absolute Gasteiger partial charge is 0.122 e. The molecule has 0 amide bonds. The molecule has 0 unspecified atom stereocenters. The molecule has 3 nitrogen and oxygen atoms in total. The highest BCUT2D eigenvalue weighted by molar-refractivity contribution is 9.10. The Morgan fingerprint density at radius 1 is 0.947 bits per heavy atom. The van der Waals surface area contributed by atoms with Gasteiger partial charge in [-0.2, -0.15) is 5.26 Å². The lowest BCUT2D eigenvalue weighted by Gasteiger charge is -2.08. The van der Waals surface area contributed by atoms with Crippen LogP contribution in [-0.2, 0) is 0 Å². The van der Waals surface area contributed by atoms with Crippen LogP contribution in [0.3, 0.4) is 0 Å². The molecule has 0 bridgehead atoms. The van der Waals surface area contributed by atoms with Crippen molar-refractivity contribution in [3.05, 3.63) is 58.6 Å². The van der Waals surface area contributed by atoms with Gasteiger partial charge in [-0.1, -0.05) is 22.0 Å². The molecule has 0 N–H and O–H groups in total. The summed E-state index contributed by atoms with van der Waals surface area (Å²) in [6, 6.07) is 16.7. The molecule has 0 spiro atoms. The van der Waals surface area contributed by atoms with Crippen molar-refractivity contribution in [1.29, 1.82) is 5.26 Å². The van der Waals surface area contributed by atoms with Crippen LogP contribution < -0.4 is 9.47 Å². The van der Waals surface area contributed by atoms with E-state index in [0.717, 1.165) is 16.0 Å². The minimum atomic E-state index is 0.457. The number of ether oxygens (including phenoxy) is 2. The lowest BCUT2D eigenvalue weighted by atomic mass is 10.2. The van der Waals surface area contributed by atoms with Crippen LogP contribution in [0.15, 0.2) is 53.0 Å². The van der Waals surface area contributed by atoms with Gasteiger partial charge in [0.05, 0.1) is 11.6 Å². The molecule has 0 radical (unpaired) electrons. The second-order valence-electron chi connectivity index (χ2n) is 3.79. The van der Waals surface area contributed by atoms with Crippen molar-refractivity contribution in [1.82, 2.24) is 0 Å². The molecule has 0 aliphatic carbocycles. The normalized spacial score (nSPS) is 9.68. The summed E-state index contributed by atoms with van der Waals surface area (Å²) < 4.78 is 12.0. The maximum atomic E-state index is 8.68. The molecule has 0 atom stereocenters. The number of nitriles is 1. The van der Waals surface area contributed by atoms with Gasteiger partial charge in [0.25, 0.3) is 0 Å². The fourth-order valence-electron chi connectivity index (χ4n) is 1.50. The van der Waals surface area contributed by atoms with E-state index in [2.05, 4.69) is 22.0 Å². The summed E-state index contributed by atoms with van der Waals surface area (Å²) in [5.41, 5.74) is 0.623. The molecule has 0 fully saturated rings. The summed E-state index contributed by atoms with van der Waals surface area (Å²) in [6.07, 6.45) is 0. The predicted octanol–water partition coefficient (Wildman–Crippen LogP) is 3.78. The molecular weight excluding hydrogens is 306 g/mol. The van der Waals surface area contributed by atoms with Gasteiger partial charge in [0.2, 0.25) is 0 Å². The minimum absolute atomic E-state index is 0.457. The summed E-state index contributed by atoms with van der Waals surface area (Å²) in [5, 5.41) is 8.68. The SMILES string of the molecule is N#Cc1ccc(OCCOc2cccc(Br)c2)cc1. The van der Waals surface area contributed by atoms with Crippen LogP contribution in [0.25, 0.3) is 0 Å². The number of rotatable bonds is 5. The number of hydrogen-bond acceptors (Lipinski definition) is 3. The zero-order valence-corrected chi connectivity index (χ0v) is 11.8. The Balaban J connectivity index is 1.76. The Hall–Kier alpha value is -1.99. The molecule has 2 aromatic carbocycles. The summed E-state index contributed by atoms with van der Waals surface area (Å²) in [4.78, 5) is 0. The molecule has 96 valence electrons. The number of hydrogen-bond donors (Lipinski definition) is 0. The van der Waals surface area contributed by atoms with Crippen LogP contribution in [0.2, 0.25) is 0 Å². The zero-order valence-electron chi connectivity index (χ0n) is 10.2. The van der Waals surface area contributed by atoms with Gasteiger partial charge in [-0.3, -0.25) is 0 Å². The lowest BCUT2D eigenvalue weighted by molar-refractivity contribution is 0.217. The summed E-state index contributed by atoms with van der Waals surface area (Å²) in [5.74, 6) is 1.54. The second kappa shape index (κ2) is 6.81. The maximum absolute atomic E-state index is 8.68. The zero-order chi connectivity index (χ0) is 13.5. The fraction of sp³-hybridized carbons (Fsp3) is 0.133. The number of benzene rings is 2. The molecule has 2 aromatic rings. The molecule has 0 saturated carbocycles. The number of nitrogens with zero attached hydrogens (tertiary/aromatic N) is 1. The third-order valence-electron chi connectivity index (χ3n) is 2.40. The molecule has 2 rings (SSSR count). The van der Waals surface area contributed by atoms with Gasteiger partial charge in [-0.15, -0.1) is 0 Å². The van der Waals surface area contributed by atoms with Crippen LogP contribution in [0.1, 0.15) is 5.56 Å². The molecule has 0 aliphatic heterocycles. The van der Waals surface area contributed by atoms with E-state index in [1.165, 1.54) is 0 Å². The Morgan fingerprint density at radius 2 is 1.63 bits per heavy atom. The molecule has 0 heterocycles. The van der Waals surface area contributed by atoms with E-state index in [1.54, 1.807) is 24.3 Å². The van der Waals surface area contributed by atoms with Crippen molar-refractivity contribution in [3.8, 4) is 17.6 Å². The van der Waals surface area contributed by atoms with E-state index in [-0.39, 0.29) is 0 Å². The van der Waals surface area contributed by atoms with Gasteiger partial charge in [-0.05, 0) is 42.5 Å². The van der Waals surface area contributed by atoms with E-state index in [0.29, 0.717) is 18.8 Å². The predicted molar refractivity (Wildman–Crippen MR) is 76.3 cm³/mol. The summed E-state index contributed by atoms with van der Waals surface area (Å²) >= 11 is 3.38. The third kappa shape index (κ3) is 4.31. The average molecular weight is 318 g/mol. The van der Waals surface area contributed by atoms with Crippen molar-refractivity contribution < 1.29 is 9.47 Å². The van der Waals surface area contributed by atoms with E-state index in [9.17, 15) is 0 Å². The van der Waals surface area contributed by atoms with Gasteiger partial charge in [0.15, 0.2) is 0 Å². The Bertz CT molecular complexity index is 575. The number of halogens is 1. The van der Waals surface area contributed by atoms with Gasteiger partial charge in [0.1, 0.15) is 24.7 Å². The van der Waals surface area contributed by atoms with Crippen LogP contribution in [0, 0.1) is 11.3 Å². The topological polar surface area (TPSA) is 42.2 Å². The van der Waals surface area contributed by atoms with Crippen molar-refractivity contribution in [2.45, 2.75) is 0 Å². The van der Waals surface area contributed by atoms with Gasteiger partial charge in [0, 0.05) is 4.47 Å². The van der Waals surface area contributed by atoms with Crippen molar-refractivity contribution in [2.75, 3.05) is 13.2 Å². The quantitative estimate of drug-likeness (QED) is 0.788. The molecule has 19 heavy (non-hydrogen) atoms.